The van der Waals surface area contributed by atoms with Crippen molar-refractivity contribution in [3.63, 3.8) is 0 Å². The van der Waals surface area contributed by atoms with E-state index in [2.05, 4.69) is 9.97 Å². The summed E-state index contributed by atoms with van der Waals surface area (Å²) >= 11 is 1.14. The predicted molar refractivity (Wildman–Crippen MR) is 82.3 cm³/mol. The SMILES string of the molecule is O[C@@H]1[C@@H](O)[C@@H](Oc2cnc(-c3cccnc3)c(F)c2)SC[C@H]1O. The van der Waals surface area contributed by atoms with Gasteiger partial charge in [-0.1, -0.05) is 0 Å². The molecule has 1 aliphatic rings. The Morgan fingerprint density at radius 1 is 1.22 bits per heavy atom. The number of nitrogens with zero attached hydrogens (tertiary/aromatic N) is 2. The molecule has 0 aliphatic carbocycles. The molecular weight excluding hydrogens is 323 g/mol. The molecule has 8 heteroatoms. The monoisotopic (exact) mass is 338 g/mol. The molecule has 2 aromatic heterocycles. The van der Waals surface area contributed by atoms with Gasteiger partial charge in [-0.3, -0.25) is 4.98 Å². The number of pyridine rings is 2. The van der Waals surface area contributed by atoms with E-state index in [1.807, 2.05) is 0 Å². The summed E-state index contributed by atoms with van der Waals surface area (Å²) in [7, 11) is 0. The first-order valence-corrected chi connectivity index (χ1v) is 7.99. The van der Waals surface area contributed by atoms with Crippen LogP contribution in [-0.4, -0.2) is 54.8 Å². The molecular formula is C15H15FN2O4S. The molecule has 3 N–H and O–H groups in total. The Kier molecular flexibility index (Phi) is 4.76. The van der Waals surface area contributed by atoms with E-state index in [1.54, 1.807) is 18.3 Å². The van der Waals surface area contributed by atoms with E-state index in [0.717, 1.165) is 11.8 Å². The van der Waals surface area contributed by atoms with Gasteiger partial charge in [0.2, 0.25) is 0 Å². The lowest BCUT2D eigenvalue weighted by Gasteiger charge is -2.34. The van der Waals surface area contributed by atoms with E-state index in [0.29, 0.717) is 5.56 Å². The summed E-state index contributed by atoms with van der Waals surface area (Å²) in [6.45, 7) is 0. The van der Waals surface area contributed by atoms with Gasteiger partial charge in [0, 0.05) is 29.8 Å². The third-order valence-electron chi connectivity index (χ3n) is 3.46. The largest absolute Gasteiger partial charge is 0.475 e. The Bertz CT molecular complexity index is 676. The molecule has 122 valence electrons. The smallest absolute Gasteiger partial charge is 0.173 e. The maximum absolute atomic E-state index is 14.2. The molecule has 0 radical (unpaired) electrons. The second-order valence-electron chi connectivity index (χ2n) is 5.11. The molecule has 3 heterocycles. The number of hydrogen-bond donors (Lipinski definition) is 3. The summed E-state index contributed by atoms with van der Waals surface area (Å²) < 4.78 is 19.7. The number of halogens is 1. The van der Waals surface area contributed by atoms with Crippen LogP contribution in [0, 0.1) is 5.82 Å². The van der Waals surface area contributed by atoms with Crippen molar-refractivity contribution < 1.29 is 24.4 Å². The highest BCUT2D eigenvalue weighted by Gasteiger charge is 2.38. The predicted octanol–water partition coefficient (Wildman–Crippen LogP) is 0.817. The van der Waals surface area contributed by atoms with Crippen LogP contribution in [0.3, 0.4) is 0 Å². The van der Waals surface area contributed by atoms with Crippen molar-refractivity contribution in [2.75, 3.05) is 5.75 Å². The standard InChI is InChI=1S/C15H15FN2O4S/c16-10-4-9(6-18-12(10)8-2-1-3-17-5-8)22-15-14(21)13(20)11(19)7-23-15/h1-6,11,13-15,19-21H,7H2/t11-,13+,14-,15+/m1/s1. The fourth-order valence-corrected chi connectivity index (χ4v) is 3.34. The van der Waals surface area contributed by atoms with Crippen molar-refractivity contribution in [3.05, 3.63) is 42.6 Å². The van der Waals surface area contributed by atoms with Crippen LogP contribution in [0.1, 0.15) is 0 Å². The zero-order valence-electron chi connectivity index (χ0n) is 11.9. The molecule has 0 bridgehead atoms. The lowest BCUT2D eigenvalue weighted by Crippen LogP contribution is -2.50. The Labute approximate surface area is 136 Å². The second-order valence-corrected chi connectivity index (χ2v) is 6.24. The quantitative estimate of drug-likeness (QED) is 0.762. The van der Waals surface area contributed by atoms with Gasteiger partial charge in [-0.25, -0.2) is 9.37 Å². The van der Waals surface area contributed by atoms with Crippen molar-refractivity contribution >= 4 is 11.8 Å². The van der Waals surface area contributed by atoms with Crippen molar-refractivity contribution in [2.24, 2.45) is 0 Å². The van der Waals surface area contributed by atoms with E-state index >= 15 is 0 Å². The van der Waals surface area contributed by atoms with E-state index in [-0.39, 0.29) is 17.2 Å². The normalized spacial score (nSPS) is 27.7. The fourth-order valence-electron chi connectivity index (χ4n) is 2.22. The number of aliphatic hydroxyl groups excluding tert-OH is 3. The lowest BCUT2D eigenvalue weighted by atomic mass is 10.1. The zero-order chi connectivity index (χ0) is 16.4. The minimum atomic E-state index is -1.30. The maximum Gasteiger partial charge on any atom is 0.173 e. The molecule has 4 atom stereocenters. The molecule has 0 amide bonds. The van der Waals surface area contributed by atoms with Crippen LogP contribution >= 0.6 is 11.8 Å². The van der Waals surface area contributed by atoms with Gasteiger partial charge in [-0.2, -0.15) is 0 Å². The Morgan fingerprint density at radius 2 is 2.04 bits per heavy atom. The van der Waals surface area contributed by atoms with Gasteiger partial charge in [0.25, 0.3) is 0 Å². The summed E-state index contributed by atoms with van der Waals surface area (Å²) in [5.41, 5.74) is -0.112. The van der Waals surface area contributed by atoms with Crippen molar-refractivity contribution in [1.29, 1.82) is 0 Å². The number of hydrogen-bond acceptors (Lipinski definition) is 7. The Balaban J connectivity index is 1.76. The van der Waals surface area contributed by atoms with E-state index < -0.39 is 29.6 Å². The summed E-state index contributed by atoms with van der Waals surface area (Å²) in [5, 5.41) is 29.0. The molecule has 6 nitrogen and oxygen atoms in total. The number of aliphatic hydroxyl groups is 3. The van der Waals surface area contributed by atoms with Gasteiger partial charge < -0.3 is 20.1 Å². The van der Waals surface area contributed by atoms with Crippen molar-refractivity contribution in [3.8, 4) is 17.0 Å². The third-order valence-corrected chi connectivity index (χ3v) is 4.70. The van der Waals surface area contributed by atoms with Crippen LogP contribution in [0.15, 0.2) is 36.8 Å². The third kappa shape index (κ3) is 3.45. The summed E-state index contributed by atoms with van der Waals surface area (Å²) in [6, 6.07) is 4.54. The van der Waals surface area contributed by atoms with Crippen LogP contribution in [0.4, 0.5) is 4.39 Å². The lowest BCUT2D eigenvalue weighted by molar-refractivity contribution is -0.0786. The first-order chi connectivity index (χ1) is 11.1. The highest BCUT2D eigenvalue weighted by atomic mass is 32.2. The summed E-state index contributed by atoms with van der Waals surface area (Å²) in [4.78, 5) is 7.95. The zero-order valence-corrected chi connectivity index (χ0v) is 12.7. The molecule has 2 aromatic rings. The average Bonchev–Trinajstić information content (AvgIpc) is 2.56. The van der Waals surface area contributed by atoms with Crippen LogP contribution in [-0.2, 0) is 0 Å². The first-order valence-electron chi connectivity index (χ1n) is 6.94. The van der Waals surface area contributed by atoms with Gasteiger partial charge in [0.05, 0.1) is 12.3 Å². The molecule has 0 aromatic carbocycles. The second kappa shape index (κ2) is 6.79. The highest BCUT2D eigenvalue weighted by Crippen LogP contribution is 2.30. The minimum absolute atomic E-state index is 0.135. The number of ether oxygens (including phenoxy) is 1. The summed E-state index contributed by atoms with van der Waals surface area (Å²) in [5.74, 6) is -0.228. The van der Waals surface area contributed by atoms with E-state index in [4.69, 9.17) is 4.74 Å². The van der Waals surface area contributed by atoms with Gasteiger partial charge in [-0.05, 0) is 12.1 Å². The van der Waals surface area contributed by atoms with Gasteiger partial charge >= 0.3 is 0 Å². The summed E-state index contributed by atoms with van der Waals surface area (Å²) in [6.07, 6.45) is 0.845. The molecule has 1 saturated heterocycles. The molecule has 0 saturated carbocycles. The first kappa shape index (κ1) is 16.1. The molecule has 3 rings (SSSR count). The van der Waals surface area contributed by atoms with E-state index in [9.17, 15) is 19.7 Å². The van der Waals surface area contributed by atoms with Crippen LogP contribution in [0.25, 0.3) is 11.3 Å². The van der Waals surface area contributed by atoms with Crippen LogP contribution in [0.5, 0.6) is 5.75 Å². The van der Waals surface area contributed by atoms with Crippen LogP contribution < -0.4 is 4.74 Å². The number of rotatable bonds is 3. The maximum atomic E-state index is 14.2. The topological polar surface area (TPSA) is 95.7 Å². The fraction of sp³-hybridized carbons (Fsp3) is 0.333. The Hall–Kier alpha value is -1.74. The molecule has 0 unspecified atom stereocenters. The minimum Gasteiger partial charge on any atom is -0.475 e. The molecule has 23 heavy (non-hydrogen) atoms. The van der Waals surface area contributed by atoms with E-state index in [1.165, 1.54) is 18.5 Å². The van der Waals surface area contributed by atoms with Gasteiger partial charge in [0.15, 0.2) is 11.3 Å². The Morgan fingerprint density at radius 3 is 2.74 bits per heavy atom. The number of aromatic nitrogens is 2. The molecule has 0 spiro atoms. The number of thioether (sulfide) groups is 1. The molecule has 1 fully saturated rings. The van der Waals surface area contributed by atoms with Gasteiger partial charge in [0.1, 0.15) is 23.7 Å². The van der Waals surface area contributed by atoms with Gasteiger partial charge in [-0.15, -0.1) is 11.8 Å². The van der Waals surface area contributed by atoms with Crippen LogP contribution in [0.2, 0.25) is 0 Å². The average molecular weight is 338 g/mol. The molecule has 1 aliphatic heterocycles. The van der Waals surface area contributed by atoms with Crippen molar-refractivity contribution in [2.45, 2.75) is 23.7 Å². The highest BCUT2D eigenvalue weighted by molar-refractivity contribution is 7.99. The van der Waals surface area contributed by atoms with Crippen molar-refractivity contribution in [1.82, 2.24) is 9.97 Å².